The number of aromatic nitrogens is 2. The van der Waals surface area contributed by atoms with E-state index in [1.807, 2.05) is 6.26 Å². The molecule has 1 aromatic heterocycles. The standard InChI is InChI=1S/C36H39F9N4O4S/c1-4-48(19-22-5-6-23(15-32(51)52)31(50)11-22)30-8-7-26(34(37,38)39)14-25(30)20-49(33-46-17-29(18-47-33)53-9-10-54-3)21(2)24-12-27(35(40,41)42)16-28(13-24)36(43,44)45/h7-8,12-14,16-18,21-23H,4-6,9-11,15,19-20H2,1-3H3,(H,51,52)/t21-,22+,23-/m0/s1. The van der Waals surface area contributed by atoms with Crippen LogP contribution in [0.2, 0.25) is 0 Å². The number of rotatable bonds is 15. The largest absolute Gasteiger partial charge is 0.489 e. The molecular formula is C36H39F9N4O4S. The second-order valence-electron chi connectivity index (χ2n) is 13.0. The SMILES string of the molecule is CCN(C[C@@H]1CC[C@@H](CC(=O)O)C(=O)C1)c1ccc(C(F)(F)F)cc1CN(c1ncc(OCCSC)cn1)[C@@H](C)c1cc(C(F)(F)F)cc(C(F)(F)F)c1. The number of carboxylic acids is 1. The molecule has 3 aromatic rings. The number of Topliss-reactive ketones (excluding diaryl/α,β-unsaturated/α-hetero) is 1. The average molecular weight is 795 g/mol. The molecule has 4 rings (SSSR count). The predicted molar refractivity (Wildman–Crippen MR) is 184 cm³/mol. The molecule has 3 atom stereocenters. The van der Waals surface area contributed by atoms with E-state index in [4.69, 9.17) is 9.84 Å². The summed E-state index contributed by atoms with van der Waals surface area (Å²) in [5.74, 6) is -1.61. The summed E-state index contributed by atoms with van der Waals surface area (Å²) in [5.41, 5.74) is -4.34. The number of benzene rings is 2. The summed E-state index contributed by atoms with van der Waals surface area (Å²) >= 11 is 1.50. The van der Waals surface area contributed by atoms with Crippen molar-refractivity contribution >= 4 is 35.2 Å². The lowest BCUT2D eigenvalue weighted by Crippen LogP contribution is -2.36. The van der Waals surface area contributed by atoms with Gasteiger partial charge < -0.3 is 19.6 Å². The van der Waals surface area contributed by atoms with Gasteiger partial charge in [-0.25, -0.2) is 9.97 Å². The Morgan fingerprint density at radius 3 is 2.07 bits per heavy atom. The number of halogens is 9. The van der Waals surface area contributed by atoms with Crippen LogP contribution >= 0.6 is 11.8 Å². The molecule has 1 N–H and O–H groups in total. The van der Waals surface area contributed by atoms with Crippen molar-refractivity contribution in [2.75, 3.05) is 41.5 Å². The van der Waals surface area contributed by atoms with Crippen LogP contribution in [0.15, 0.2) is 48.8 Å². The number of alkyl halides is 9. The maximum absolute atomic E-state index is 14.1. The molecule has 2 aromatic carbocycles. The van der Waals surface area contributed by atoms with Gasteiger partial charge in [0.15, 0.2) is 5.75 Å². The Morgan fingerprint density at radius 1 is 0.944 bits per heavy atom. The Bertz CT molecular complexity index is 1720. The molecule has 0 amide bonds. The van der Waals surface area contributed by atoms with Crippen LogP contribution in [-0.4, -0.2) is 58.5 Å². The number of hydrogen-bond acceptors (Lipinski definition) is 8. The molecule has 1 saturated carbocycles. The molecule has 0 spiro atoms. The highest BCUT2D eigenvalue weighted by molar-refractivity contribution is 7.98. The van der Waals surface area contributed by atoms with Gasteiger partial charge in [-0.3, -0.25) is 9.59 Å². The third-order valence-corrected chi connectivity index (χ3v) is 9.80. The highest BCUT2D eigenvalue weighted by Gasteiger charge is 2.39. The van der Waals surface area contributed by atoms with Crippen molar-refractivity contribution in [3.8, 4) is 5.75 Å². The van der Waals surface area contributed by atoms with Gasteiger partial charge in [0.2, 0.25) is 5.95 Å². The molecule has 1 fully saturated rings. The van der Waals surface area contributed by atoms with Gasteiger partial charge in [0.1, 0.15) is 5.78 Å². The number of ketones is 1. The zero-order chi connectivity index (χ0) is 40.0. The van der Waals surface area contributed by atoms with Crippen LogP contribution < -0.4 is 14.5 Å². The second-order valence-corrected chi connectivity index (χ2v) is 14.0. The molecule has 1 heterocycles. The van der Waals surface area contributed by atoms with Gasteiger partial charge >= 0.3 is 24.5 Å². The summed E-state index contributed by atoms with van der Waals surface area (Å²) in [7, 11) is 0. The molecule has 18 heteroatoms. The average Bonchev–Trinajstić information content (AvgIpc) is 3.09. The first-order chi connectivity index (χ1) is 25.2. The lowest BCUT2D eigenvalue weighted by Gasteiger charge is -2.35. The highest BCUT2D eigenvalue weighted by Crippen LogP contribution is 2.41. The minimum absolute atomic E-state index is 0.0105. The quantitative estimate of drug-likeness (QED) is 0.119. The molecule has 0 radical (unpaired) electrons. The number of nitrogens with zero attached hydrogens (tertiary/aromatic N) is 4. The fourth-order valence-electron chi connectivity index (χ4n) is 6.38. The van der Waals surface area contributed by atoms with Crippen LogP contribution in [0.5, 0.6) is 5.75 Å². The zero-order valence-electron chi connectivity index (χ0n) is 29.5. The maximum Gasteiger partial charge on any atom is 0.416 e. The first kappa shape index (κ1) is 42.5. The Labute approximate surface area is 310 Å². The van der Waals surface area contributed by atoms with Crippen molar-refractivity contribution in [2.24, 2.45) is 11.8 Å². The number of hydrogen-bond donors (Lipinski definition) is 1. The van der Waals surface area contributed by atoms with Crippen LogP contribution in [-0.2, 0) is 34.7 Å². The molecule has 0 unspecified atom stereocenters. The van der Waals surface area contributed by atoms with E-state index < -0.39 is 65.3 Å². The van der Waals surface area contributed by atoms with E-state index in [0.29, 0.717) is 30.7 Å². The number of carbonyl (C=O) groups excluding carboxylic acids is 1. The predicted octanol–water partition coefficient (Wildman–Crippen LogP) is 9.33. The lowest BCUT2D eigenvalue weighted by atomic mass is 9.79. The van der Waals surface area contributed by atoms with Crippen LogP contribution in [0.25, 0.3) is 0 Å². The van der Waals surface area contributed by atoms with Crippen LogP contribution in [0, 0.1) is 11.8 Å². The fourth-order valence-corrected chi connectivity index (χ4v) is 6.63. The van der Waals surface area contributed by atoms with Crippen LogP contribution in [0.1, 0.15) is 73.4 Å². The normalized spacial score (nSPS) is 17.3. The van der Waals surface area contributed by atoms with Crippen molar-refractivity contribution in [2.45, 2.75) is 70.6 Å². The van der Waals surface area contributed by atoms with Gasteiger partial charge in [-0.15, -0.1) is 0 Å². The first-order valence-electron chi connectivity index (χ1n) is 16.9. The summed E-state index contributed by atoms with van der Waals surface area (Å²) < 4.78 is 131. The second kappa shape index (κ2) is 17.5. The van der Waals surface area contributed by atoms with Gasteiger partial charge in [0.25, 0.3) is 0 Å². The van der Waals surface area contributed by atoms with Gasteiger partial charge in [0, 0.05) is 43.4 Å². The van der Waals surface area contributed by atoms with Crippen molar-refractivity contribution in [1.29, 1.82) is 0 Å². The Morgan fingerprint density at radius 2 is 1.56 bits per heavy atom. The molecule has 0 bridgehead atoms. The number of ether oxygens (including phenoxy) is 1. The summed E-state index contributed by atoms with van der Waals surface area (Å²) in [4.78, 5) is 35.5. The van der Waals surface area contributed by atoms with Gasteiger partial charge in [-0.05, 0) is 86.4 Å². The van der Waals surface area contributed by atoms with E-state index in [1.165, 1.54) is 42.0 Å². The molecule has 1 aliphatic carbocycles. The third kappa shape index (κ3) is 11.2. The number of thioether (sulfide) groups is 1. The van der Waals surface area contributed by atoms with Crippen molar-refractivity contribution in [3.63, 3.8) is 0 Å². The van der Waals surface area contributed by atoms with Crippen molar-refractivity contribution in [1.82, 2.24) is 9.97 Å². The van der Waals surface area contributed by atoms with E-state index in [-0.39, 0.29) is 73.3 Å². The molecular weight excluding hydrogens is 755 g/mol. The lowest BCUT2D eigenvalue weighted by molar-refractivity contribution is -0.143. The number of carbonyl (C=O) groups is 2. The van der Waals surface area contributed by atoms with Crippen molar-refractivity contribution < 1.29 is 58.9 Å². The molecule has 54 heavy (non-hydrogen) atoms. The molecule has 0 saturated heterocycles. The summed E-state index contributed by atoms with van der Waals surface area (Å²) in [6.07, 6.45) is -10.2. The van der Waals surface area contributed by atoms with Gasteiger partial charge in [0.05, 0.1) is 48.2 Å². The fraction of sp³-hybridized carbons (Fsp3) is 0.500. The number of aliphatic carboxylic acids is 1. The van der Waals surface area contributed by atoms with E-state index in [0.717, 1.165) is 12.1 Å². The van der Waals surface area contributed by atoms with E-state index in [9.17, 15) is 49.1 Å². The highest BCUT2D eigenvalue weighted by atomic mass is 32.2. The topological polar surface area (TPSA) is 95.9 Å². The van der Waals surface area contributed by atoms with E-state index >= 15 is 0 Å². The molecule has 1 aliphatic rings. The summed E-state index contributed by atoms with van der Waals surface area (Å²) in [6.45, 7) is 3.27. The molecule has 0 aliphatic heterocycles. The summed E-state index contributed by atoms with van der Waals surface area (Å²) in [6, 6.07) is 2.70. The zero-order valence-corrected chi connectivity index (χ0v) is 30.3. The first-order valence-corrected chi connectivity index (χ1v) is 18.3. The van der Waals surface area contributed by atoms with Gasteiger partial charge in [-0.2, -0.15) is 51.3 Å². The Hall–Kier alpha value is -4.22. The number of anilines is 2. The maximum atomic E-state index is 14.1. The Balaban J connectivity index is 1.81. The molecule has 8 nitrogen and oxygen atoms in total. The monoisotopic (exact) mass is 794 g/mol. The minimum Gasteiger partial charge on any atom is -0.489 e. The number of carboxylic acid groups (broad SMARTS) is 1. The smallest absolute Gasteiger partial charge is 0.416 e. The van der Waals surface area contributed by atoms with Crippen molar-refractivity contribution in [3.05, 3.63) is 76.6 Å². The van der Waals surface area contributed by atoms with Crippen LogP contribution in [0.4, 0.5) is 51.1 Å². The van der Waals surface area contributed by atoms with Crippen LogP contribution in [0.3, 0.4) is 0 Å². The summed E-state index contributed by atoms with van der Waals surface area (Å²) in [5, 5.41) is 9.15. The molecule has 296 valence electrons. The minimum atomic E-state index is -5.16. The van der Waals surface area contributed by atoms with E-state index in [2.05, 4.69) is 9.97 Å². The van der Waals surface area contributed by atoms with E-state index in [1.54, 1.807) is 11.8 Å². The van der Waals surface area contributed by atoms with Gasteiger partial charge in [-0.1, -0.05) is 0 Å². The Kier molecular flexibility index (Phi) is 13.8. The third-order valence-electron chi connectivity index (χ3n) is 9.23.